The maximum absolute atomic E-state index is 4.94. The molecule has 0 radical (unpaired) electrons. The van der Waals surface area contributed by atoms with Crippen molar-refractivity contribution in [3.8, 4) is 0 Å². The van der Waals surface area contributed by atoms with E-state index in [-0.39, 0.29) is 0 Å². The third kappa shape index (κ3) is 2.67. The summed E-state index contributed by atoms with van der Waals surface area (Å²) in [7, 11) is 1.67. The predicted octanol–water partition coefficient (Wildman–Crippen LogP) is 2.10. The summed E-state index contributed by atoms with van der Waals surface area (Å²) in [5.74, 6) is 0.599. The second-order valence-corrected chi connectivity index (χ2v) is 3.74. The first kappa shape index (κ1) is 10.5. The van der Waals surface area contributed by atoms with Crippen LogP contribution in [0.2, 0.25) is 0 Å². The lowest BCUT2D eigenvalue weighted by Crippen LogP contribution is -1.98. The second kappa shape index (κ2) is 4.58. The molecule has 0 unspecified atom stereocenters. The first-order chi connectivity index (χ1) is 6.15. The van der Waals surface area contributed by atoms with E-state index in [1.54, 1.807) is 7.11 Å². The highest BCUT2D eigenvalue weighted by atomic mass is 32.2. The predicted molar refractivity (Wildman–Crippen MR) is 54.0 cm³/mol. The highest BCUT2D eigenvalue weighted by Gasteiger charge is 2.03. The third-order valence-electron chi connectivity index (χ3n) is 1.92. The van der Waals surface area contributed by atoms with Crippen molar-refractivity contribution >= 4 is 11.8 Å². The molecular formula is C9H14N2OS. The summed E-state index contributed by atoms with van der Waals surface area (Å²) in [5, 5.41) is 0.794. The number of aromatic nitrogens is 2. The normalized spacial score (nSPS) is 10.5. The number of hydrogen-bond acceptors (Lipinski definition) is 4. The number of rotatable bonds is 3. The highest BCUT2D eigenvalue weighted by Crippen LogP contribution is 2.16. The van der Waals surface area contributed by atoms with Crippen LogP contribution < -0.4 is 0 Å². The molecule has 3 nitrogen and oxygen atoms in total. The number of hydrogen-bond donors (Lipinski definition) is 0. The minimum Gasteiger partial charge on any atom is -0.374 e. The number of thioether (sulfide) groups is 1. The zero-order valence-corrected chi connectivity index (χ0v) is 9.23. The van der Waals surface area contributed by atoms with Crippen LogP contribution in [0, 0.1) is 20.8 Å². The number of aryl methyl sites for hydroxylation is 2. The van der Waals surface area contributed by atoms with Gasteiger partial charge in [-0.2, -0.15) is 0 Å². The molecule has 0 aromatic carbocycles. The van der Waals surface area contributed by atoms with Crippen molar-refractivity contribution in [3.05, 3.63) is 17.0 Å². The van der Waals surface area contributed by atoms with Crippen LogP contribution in [-0.4, -0.2) is 23.0 Å². The van der Waals surface area contributed by atoms with Gasteiger partial charge < -0.3 is 4.74 Å². The molecule has 4 heteroatoms. The number of methoxy groups -OCH3 is 1. The van der Waals surface area contributed by atoms with E-state index in [1.165, 1.54) is 17.3 Å². The van der Waals surface area contributed by atoms with Crippen LogP contribution >= 0.6 is 11.8 Å². The van der Waals surface area contributed by atoms with E-state index in [4.69, 9.17) is 4.74 Å². The monoisotopic (exact) mass is 198 g/mol. The van der Waals surface area contributed by atoms with Crippen molar-refractivity contribution < 1.29 is 4.74 Å². The molecule has 0 saturated carbocycles. The van der Waals surface area contributed by atoms with Crippen LogP contribution in [0.5, 0.6) is 0 Å². The van der Waals surface area contributed by atoms with Gasteiger partial charge in [0.1, 0.15) is 0 Å². The van der Waals surface area contributed by atoms with E-state index in [0.29, 0.717) is 5.94 Å². The van der Waals surface area contributed by atoms with E-state index >= 15 is 0 Å². The van der Waals surface area contributed by atoms with Gasteiger partial charge in [0.25, 0.3) is 0 Å². The Morgan fingerprint density at radius 3 is 2.15 bits per heavy atom. The van der Waals surface area contributed by atoms with E-state index in [1.807, 2.05) is 20.8 Å². The third-order valence-corrected chi connectivity index (χ3v) is 2.71. The van der Waals surface area contributed by atoms with Gasteiger partial charge in [-0.05, 0) is 26.3 Å². The van der Waals surface area contributed by atoms with E-state index in [9.17, 15) is 0 Å². The lowest BCUT2D eigenvalue weighted by Gasteiger charge is -2.05. The number of nitrogens with zero attached hydrogens (tertiary/aromatic N) is 2. The van der Waals surface area contributed by atoms with Gasteiger partial charge in [0.2, 0.25) is 0 Å². The van der Waals surface area contributed by atoms with Crippen molar-refractivity contribution in [2.75, 3.05) is 13.0 Å². The smallest absolute Gasteiger partial charge is 0.190 e. The van der Waals surface area contributed by atoms with Gasteiger partial charge >= 0.3 is 0 Å². The van der Waals surface area contributed by atoms with Gasteiger partial charge in [-0.25, -0.2) is 9.97 Å². The summed E-state index contributed by atoms with van der Waals surface area (Å²) in [6.07, 6.45) is 0. The minimum atomic E-state index is 0.599. The summed E-state index contributed by atoms with van der Waals surface area (Å²) in [6.45, 7) is 6.04. The van der Waals surface area contributed by atoms with Gasteiger partial charge in [0.15, 0.2) is 5.16 Å². The maximum Gasteiger partial charge on any atom is 0.190 e. The largest absolute Gasteiger partial charge is 0.374 e. The molecule has 0 fully saturated rings. The second-order valence-electron chi connectivity index (χ2n) is 2.85. The Labute approximate surface area is 82.9 Å². The zero-order valence-electron chi connectivity index (χ0n) is 8.42. The molecule has 1 aromatic rings. The Hall–Kier alpha value is -0.610. The molecule has 13 heavy (non-hydrogen) atoms. The maximum atomic E-state index is 4.94. The molecular weight excluding hydrogens is 184 g/mol. The molecule has 0 aliphatic carbocycles. The molecule has 0 spiro atoms. The SMILES string of the molecule is COCSc1nc(C)c(C)c(C)n1. The van der Waals surface area contributed by atoms with E-state index < -0.39 is 0 Å². The van der Waals surface area contributed by atoms with Gasteiger partial charge in [0.05, 0.1) is 5.94 Å². The Bertz CT molecular complexity index is 279. The average molecular weight is 198 g/mol. The van der Waals surface area contributed by atoms with Gasteiger partial charge in [-0.3, -0.25) is 0 Å². The lowest BCUT2D eigenvalue weighted by molar-refractivity contribution is 0.258. The zero-order chi connectivity index (χ0) is 9.84. The van der Waals surface area contributed by atoms with Gasteiger partial charge in [-0.1, -0.05) is 11.8 Å². The fourth-order valence-electron chi connectivity index (χ4n) is 0.918. The van der Waals surface area contributed by atoms with Gasteiger partial charge in [0, 0.05) is 18.5 Å². The summed E-state index contributed by atoms with van der Waals surface area (Å²) < 4.78 is 4.94. The molecule has 0 saturated heterocycles. The van der Waals surface area contributed by atoms with Crippen molar-refractivity contribution in [2.45, 2.75) is 25.9 Å². The standard InChI is InChI=1S/C9H14N2OS/c1-6-7(2)10-9(11-8(6)3)13-5-12-4/h5H2,1-4H3. The van der Waals surface area contributed by atoms with E-state index in [2.05, 4.69) is 9.97 Å². The Kier molecular flexibility index (Phi) is 3.69. The summed E-state index contributed by atoms with van der Waals surface area (Å²) >= 11 is 1.51. The molecule has 1 aromatic heterocycles. The van der Waals surface area contributed by atoms with Crippen molar-refractivity contribution in [1.29, 1.82) is 0 Å². The highest BCUT2D eigenvalue weighted by molar-refractivity contribution is 7.99. The number of ether oxygens (including phenoxy) is 1. The van der Waals surface area contributed by atoms with Crippen LogP contribution in [0.25, 0.3) is 0 Å². The fraction of sp³-hybridized carbons (Fsp3) is 0.556. The lowest BCUT2D eigenvalue weighted by atomic mass is 10.2. The van der Waals surface area contributed by atoms with Crippen LogP contribution in [-0.2, 0) is 4.74 Å². The molecule has 0 atom stereocenters. The molecule has 0 amide bonds. The molecule has 0 N–H and O–H groups in total. The van der Waals surface area contributed by atoms with Crippen molar-refractivity contribution in [1.82, 2.24) is 9.97 Å². The first-order valence-corrected chi connectivity index (χ1v) is 5.07. The van der Waals surface area contributed by atoms with Crippen LogP contribution in [0.4, 0.5) is 0 Å². The first-order valence-electron chi connectivity index (χ1n) is 4.08. The summed E-state index contributed by atoms with van der Waals surface area (Å²) in [5.41, 5.74) is 3.26. The summed E-state index contributed by atoms with van der Waals surface area (Å²) in [4.78, 5) is 8.69. The Morgan fingerprint density at radius 1 is 1.15 bits per heavy atom. The summed E-state index contributed by atoms with van der Waals surface area (Å²) in [6, 6.07) is 0. The molecule has 72 valence electrons. The van der Waals surface area contributed by atoms with Crippen LogP contribution in [0.1, 0.15) is 17.0 Å². The topological polar surface area (TPSA) is 35.0 Å². The average Bonchev–Trinajstić information content (AvgIpc) is 2.10. The fourth-order valence-corrected chi connectivity index (χ4v) is 1.54. The van der Waals surface area contributed by atoms with Crippen molar-refractivity contribution in [2.24, 2.45) is 0 Å². The van der Waals surface area contributed by atoms with E-state index in [0.717, 1.165) is 16.5 Å². The molecule has 1 heterocycles. The Morgan fingerprint density at radius 2 is 1.69 bits per heavy atom. The van der Waals surface area contributed by atoms with Gasteiger partial charge in [-0.15, -0.1) is 0 Å². The van der Waals surface area contributed by atoms with Crippen molar-refractivity contribution in [3.63, 3.8) is 0 Å². The molecule has 0 aliphatic heterocycles. The molecule has 1 rings (SSSR count). The quantitative estimate of drug-likeness (QED) is 0.423. The molecule has 0 aliphatic rings. The molecule has 0 bridgehead atoms. The van der Waals surface area contributed by atoms with Crippen LogP contribution in [0.15, 0.2) is 5.16 Å². The minimum absolute atomic E-state index is 0.599. The van der Waals surface area contributed by atoms with Crippen LogP contribution in [0.3, 0.4) is 0 Å². The Balaban J connectivity index is 2.86.